The molecule has 4 unspecified atom stereocenters. The fourth-order valence-corrected chi connectivity index (χ4v) is 4.57. The normalized spacial score (nSPS) is 13.9. The lowest BCUT2D eigenvalue weighted by Crippen LogP contribution is -2.47. The predicted molar refractivity (Wildman–Crippen MR) is 163 cm³/mol. The van der Waals surface area contributed by atoms with E-state index in [4.69, 9.17) is 4.74 Å². The number of allylic oxidation sites excluding steroid dienone is 2. The molecule has 41 heavy (non-hydrogen) atoms. The quantitative estimate of drug-likeness (QED) is 0.169. The molecule has 7 heteroatoms. The van der Waals surface area contributed by atoms with Gasteiger partial charge in [-0.25, -0.2) is 0 Å². The predicted octanol–water partition coefficient (Wildman–Crippen LogP) is 4.80. The van der Waals surface area contributed by atoms with E-state index in [0.29, 0.717) is 32.1 Å². The van der Waals surface area contributed by atoms with Gasteiger partial charge < -0.3 is 20.5 Å². The molecule has 4 atom stereocenters. The number of esters is 1. The molecule has 222 valence electrons. The Hall–Kier alpha value is -3.71. The third-order valence-electron chi connectivity index (χ3n) is 7.08. The zero-order valence-corrected chi connectivity index (χ0v) is 24.5. The maximum atomic E-state index is 13.3. The molecule has 0 spiro atoms. The monoisotopic (exact) mass is 562 g/mol. The minimum Gasteiger partial charge on any atom is -0.463 e. The first-order valence-electron chi connectivity index (χ1n) is 14.4. The van der Waals surface area contributed by atoms with Gasteiger partial charge in [0.05, 0.1) is 30.5 Å². The van der Waals surface area contributed by atoms with Gasteiger partial charge in [0, 0.05) is 6.42 Å². The molecule has 0 radical (unpaired) electrons. The zero-order chi connectivity index (χ0) is 30.0. The highest BCUT2D eigenvalue weighted by molar-refractivity contribution is 5.86. The second-order valence-electron chi connectivity index (χ2n) is 10.8. The van der Waals surface area contributed by atoms with Gasteiger partial charge in [-0.15, -0.1) is 13.2 Å². The van der Waals surface area contributed by atoms with Gasteiger partial charge in [0.15, 0.2) is 0 Å². The number of ether oxygens (including phenoxy) is 1. The summed E-state index contributed by atoms with van der Waals surface area (Å²) in [7, 11) is 0. The summed E-state index contributed by atoms with van der Waals surface area (Å²) >= 11 is 0. The Kier molecular flexibility index (Phi) is 15.2. The summed E-state index contributed by atoms with van der Waals surface area (Å²) in [5.41, 5.74) is 2.06. The molecule has 0 aliphatic carbocycles. The van der Waals surface area contributed by atoms with E-state index in [1.165, 1.54) is 0 Å². The van der Waals surface area contributed by atoms with Crippen molar-refractivity contribution < 1.29 is 24.2 Å². The number of benzene rings is 2. The number of aliphatic hydroxyl groups is 1. The number of amides is 2. The number of carbonyl (C=O) groups is 3. The van der Waals surface area contributed by atoms with Crippen LogP contribution >= 0.6 is 0 Å². The highest BCUT2D eigenvalue weighted by Crippen LogP contribution is 2.18. The number of carbonyl (C=O) groups excluding carboxylic acids is 3. The van der Waals surface area contributed by atoms with Crippen molar-refractivity contribution in [2.24, 2.45) is 17.8 Å². The van der Waals surface area contributed by atoms with Crippen molar-refractivity contribution >= 4 is 17.8 Å². The Bertz CT molecular complexity index is 1090. The first-order valence-corrected chi connectivity index (χ1v) is 14.4. The fraction of sp³-hybridized carbons (Fsp3) is 0.441. The molecule has 2 amide bonds. The minimum atomic E-state index is -0.640. The summed E-state index contributed by atoms with van der Waals surface area (Å²) in [4.78, 5) is 39.1. The van der Waals surface area contributed by atoms with E-state index in [1.807, 2.05) is 74.5 Å². The van der Waals surface area contributed by atoms with E-state index < -0.39 is 18.0 Å². The van der Waals surface area contributed by atoms with Crippen LogP contribution < -0.4 is 10.6 Å². The van der Waals surface area contributed by atoms with Crippen LogP contribution in [-0.4, -0.2) is 48.2 Å². The molecule has 0 bridgehead atoms. The molecular weight excluding hydrogens is 516 g/mol. The van der Waals surface area contributed by atoms with Crippen LogP contribution in [0.5, 0.6) is 0 Å². The number of rotatable bonds is 19. The number of nitrogens with one attached hydrogen (secondary N) is 2. The van der Waals surface area contributed by atoms with Crippen molar-refractivity contribution in [1.82, 2.24) is 10.6 Å². The van der Waals surface area contributed by atoms with Gasteiger partial charge in [-0.1, -0.05) is 86.7 Å². The smallest absolute Gasteiger partial charge is 0.309 e. The largest absolute Gasteiger partial charge is 0.463 e. The third-order valence-corrected chi connectivity index (χ3v) is 7.08. The highest BCUT2D eigenvalue weighted by Gasteiger charge is 2.27. The number of hydrogen-bond acceptors (Lipinski definition) is 5. The molecule has 2 aromatic rings. The zero-order valence-electron chi connectivity index (χ0n) is 24.5. The first-order chi connectivity index (χ1) is 19.8. The fourth-order valence-electron chi connectivity index (χ4n) is 4.57. The third kappa shape index (κ3) is 12.6. The average molecular weight is 563 g/mol. The van der Waals surface area contributed by atoms with Crippen LogP contribution in [0.4, 0.5) is 0 Å². The van der Waals surface area contributed by atoms with Crippen LogP contribution in [0.3, 0.4) is 0 Å². The SMILES string of the molecule is C=CCCC(Cc1ccccc1)C(=O)OCC(NC(=O)C(CC=C)CC(=O)NC(CO)Cc1ccccc1)C(C)C. The van der Waals surface area contributed by atoms with Gasteiger partial charge in [0.2, 0.25) is 11.8 Å². The summed E-state index contributed by atoms with van der Waals surface area (Å²) in [6.07, 6.45) is 6.06. The summed E-state index contributed by atoms with van der Waals surface area (Å²) in [6.45, 7) is 11.2. The van der Waals surface area contributed by atoms with Gasteiger partial charge in [0.1, 0.15) is 6.61 Å². The second kappa shape index (κ2) is 18.6. The Morgan fingerprint density at radius 1 is 0.878 bits per heavy atom. The van der Waals surface area contributed by atoms with Gasteiger partial charge in [0.25, 0.3) is 0 Å². The van der Waals surface area contributed by atoms with Crippen molar-refractivity contribution in [3.05, 3.63) is 97.1 Å². The standard InChI is InChI=1S/C34H46N2O5/c1-5-7-19-29(20-26-15-10-8-11-16-26)34(40)41-24-31(25(3)4)36-33(39)28(14-6-2)22-32(38)35-30(23-37)21-27-17-12-9-13-18-27/h5-6,8-13,15-18,25,28-31,37H,1-2,7,14,19-24H2,3-4H3,(H,35,38)(H,36,39). The molecule has 0 fully saturated rings. The highest BCUT2D eigenvalue weighted by atomic mass is 16.5. The van der Waals surface area contributed by atoms with Crippen molar-refractivity contribution in [2.45, 2.75) is 64.5 Å². The first kappa shape index (κ1) is 33.5. The Morgan fingerprint density at radius 2 is 1.49 bits per heavy atom. The maximum absolute atomic E-state index is 13.3. The Morgan fingerprint density at radius 3 is 2.02 bits per heavy atom. The molecular formula is C34H46N2O5. The van der Waals surface area contributed by atoms with Crippen molar-refractivity contribution in [3.63, 3.8) is 0 Å². The van der Waals surface area contributed by atoms with E-state index in [9.17, 15) is 19.5 Å². The van der Waals surface area contributed by atoms with E-state index >= 15 is 0 Å². The van der Waals surface area contributed by atoms with Crippen LogP contribution in [0.15, 0.2) is 86.0 Å². The summed E-state index contributed by atoms with van der Waals surface area (Å²) < 4.78 is 5.73. The lowest BCUT2D eigenvalue weighted by molar-refractivity contribution is -0.150. The van der Waals surface area contributed by atoms with Crippen molar-refractivity contribution in [3.8, 4) is 0 Å². The number of aliphatic hydroxyl groups excluding tert-OH is 1. The van der Waals surface area contributed by atoms with Gasteiger partial charge in [-0.2, -0.15) is 0 Å². The molecule has 0 aliphatic heterocycles. The maximum Gasteiger partial charge on any atom is 0.309 e. The molecule has 0 saturated heterocycles. The Labute approximate surface area is 245 Å². The second-order valence-corrected chi connectivity index (χ2v) is 10.8. The van der Waals surface area contributed by atoms with Crippen molar-refractivity contribution in [2.75, 3.05) is 13.2 Å². The Balaban J connectivity index is 1.97. The molecule has 0 aromatic heterocycles. The van der Waals surface area contributed by atoms with E-state index in [0.717, 1.165) is 11.1 Å². The van der Waals surface area contributed by atoms with E-state index in [2.05, 4.69) is 23.8 Å². The van der Waals surface area contributed by atoms with E-state index in [-0.39, 0.29) is 49.3 Å². The summed E-state index contributed by atoms with van der Waals surface area (Å²) in [5, 5.41) is 15.6. The van der Waals surface area contributed by atoms with Crippen molar-refractivity contribution in [1.29, 1.82) is 0 Å². The van der Waals surface area contributed by atoms with Gasteiger partial charge in [-0.05, 0) is 49.1 Å². The lowest BCUT2D eigenvalue weighted by atomic mass is 9.94. The molecule has 2 aromatic carbocycles. The molecule has 7 nitrogen and oxygen atoms in total. The molecule has 0 saturated carbocycles. The number of hydrogen-bond donors (Lipinski definition) is 3. The van der Waals surface area contributed by atoms with Gasteiger partial charge >= 0.3 is 5.97 Å². The van der Waals surface area contributed by atoms with Crippen LogP contribution in [0.1, 0.15) is 50.7 Å². The van der Waals surface area contributed by atoms with Crippen LogP contribution in [-0.2, 0) is 32.0 Å². The summed E-state index contributed by atoms with van der Waals surface area (Å²) in [5.74, 6) is -1.88. The molecule has 0 aliphatic rings. The lowest BCUT2D eigenvalue weighted by Gasteiger charge is -2.26. The molecule has 3 N–H and O–H groups in total. The molecule has 0 heterocycles. The topological polar surface area (TPSA) is 105 Å². The average Bonchev–Trinajstić information content (AvgIpc) is 2.97. The minimum absolute atomic E-state index is 0.00431. The van der Waals surface area contributed by atoms with Crippen LogP contribution in [0.2, 0.25) is 0 Å². The van der Waals surface area contributed by atoms with Gasteiger partial charge in [-0.3, -0.25) is 14.4 Å². The van der Waals surface area contributed by atoms with Crippen LogP contribution in [0, 0.1) is 17.8 Å². The summed E-state index contributed by atoms with van der Waals surface area (Å²) in [6, 6.07) is 18.5. The van der Waals surface area contributed by atoms with Crippen LogP contribution in [0.25, 0.3) is 0 Å². The molecule has 2 rings (SSSR count). The van der Waals surface area contributed by atoms with E-state index in [1.54, 1.807) is 12.2 Å².